The van der Waals surface area contributed by atoms with E-state index in [4.69, 9.17) is 4.74 Å². The molecule has 0 aromatic heterocycles. The van der Waals surface area contributed by atoms with Gasteiger partial charge in [-0.05, 0) is 19.2 Å². The average Bonchev–Trinajstić information content (AvgIpc) is 2.36. The molecule has 7 heteroatoms. The van der Waals surface area contributed by atoms with Crippen molar-refractivity contribution < 1.29 is 22.6 Å². The van der Waals surface area contributed by atoms with Crippen molar-refractivity contribution in [2.24, 2.45) is 0 Å². The zero-order valence-corrected chi connectivity index (χ0v) is 11.1. The second-order valence-electron chi connectivity index (χ2n) is 4.68. The molecular formula is C13H17F3N2O2. The summed E-state index contributed by atoms with van der Waals surface area (Å²) < 4.78 is 46.4. The molecule has 1 aliphatic rings. The lowest BCUT2D eigenvalue weighted by molar-refractivity contribution is -0.274. The van der Waals surface area contributed by atoms with Crippen LogP contribution in [-0.4, -0.2) is 50.7 Å². The number of anilines is 1. The molecule has 0 bridgehead atoms. The van der Waals surface area contributed by atoms with Gasteiger partial charge in [-0.3, -0.25) is 0 Å². The van der Waals surface area contributed by atoms with Crippen molar-refractivity contribution in [1.82, 2.24) is 4.90 Å². The summed E-state index contributed by atoms with van der Waals surface area (Å²) in [6.45, 7) is 2.67. The van der Waals surface area contributed by atoms with E-state index in [2.05, 4.69) is 15.0 Å². The maximum Gasteiger partial charge on any atom is 0.573 e. The van der Waals surface area contributed by atoms with Crippen LogP contribution in [0.5, 0.6) is 5.75 Å². The highest BCUT2D eigenvalue weighted by Crippen LogP contribution is 2.29. The Hall–Kier alpha value is -1.47. The van der Waals surface area contributed by atoms with E-state index in [9.17, 15) is 13.2 Å². The number of nitrogens with zero attached hydrogens (tertiary/aromatic N) is 1. The smallest absolute Gasteiger partial charge is 0.404 e. The van der Waals surface area contributed by atoms with Gasteiger partial charge in [0.1, 0.15) is 0 Å². The summed E-state index contributed by atoms with van der Waals surface area (Å²) in [5.74, 6) is -0.232. The third-order valence-electron chi connectivity index (χ3n) is 2.97. The molecule has 112 valence electrons. The van der Waals surface area contributed by atoms with Crippen LogP contribution in [0.1, 0.15) is 0 Å². The molecular weight excluding hydrogens is 273 g/mol. The van der Waals surface area contributed by atoms with Gasteiger partial charge in [-0.25, -0.2) is 0 Å². The first kappa shape index (κ1) is 14.9. The van der Waals surface area contributed by atoms with Crippen LogP contribution in [0.15, 0.2) is 24.3 Å². The van der Waals surface area contributed by atoms with Crippen LogP contribution < -0.4 is 10.1 Å². The molecule has 1 N–H and O–H groups in total. The molecule has 20 heavy (non-hydrogen) atoms. The number of alkyl halides is 3. The van der Waals surface area contributed by atoms with Gasteiger partial charge in [-0.1, -0.05) is 12.1 Å². The van der Waals surface area contributed by atoms with Gasteiger partial charge in [0, 0.05) is 19.6 Å². The third-order valence-corrected chi connectivity index (χ3v) is 2.97. The zero-order valence-electron chi connectivity index (χ0n) is 11.1. The predicted molar refractivity (Wildman–Crippen MR) is 68.9 cm³/mol. The normalized spacial score (nSPS) is 20.7. The second kappa shape index (κ2) is 6.32. The van der Waals surface area contributed by atoms with Gasteiger partial charge in [0.05, 0.1) is 18.4 Å². The van der Waals surface area contributed by atoms with E-state index in [1.807, 2.05) is 7.05 Å². The van der Waals surface area contributed by atoms with E-state index in [1.54, 1.807) is 12.1 Å². The Bertz CT molecular complexity index is 440. The minimum atomic E-state index is -4.70. The van der Waals surface area contributed by atoms with E-state index in [1.165, 1.54) is 12.1 Å². The molecule has 0 saturated carbocycles. The van der Waals surface area contributed by atoms with Crippen molar-refractivity contribution in [3.05, 3.63) is 24.3 Å². The number of hydrogen-bond donors (Lipinski definition) is 1. The van der Waals surface area contributed by atoms with E-state index in [0.29, 0.717) is 18.8 Å². The lowest BCUT2D eigenvalue weighted by Crippen LogP contribution is -2.43. The van der Waals surface area contributed by atoms with Gasteiger partial charge in [0.2, 0.25) is 0 Å². The molecule has 1 atom stereocenters. The van der Waals surface area contributed by atoms with Crippen LogP contribution in [0.3, 0.4) is 0 Å². The van der Waals surface area contributed by atoms with Gasteiger partial charge in [0.15, 0.2) is 5.75 Å². The van der Waals surface area contributed by atoms with Crippen molar-refractivity contribution >= 4 is 5.69 Å². The number of morpholine rings is 1. The summed E-state index contributed by atoms with van der Waals surface area (Å²) in [6.07, 6.45) is -4.74. The number of halogens is 3. The van der Waals surface area contributed by atoms with Crippen LogP contribution in [0.2, 0.25) is 0 Å². The molecule has 0 aliphatic carbocycles. The predicted octanol–water partition coefficient (Wildman–Crippen LogP) is 2.33. The molecule has 0 amide bonds. The molecule has 1 unspecified atom stereocenters. The number of para-hydroxylation sites is 2. The largest absolute Gasteiger partial charge is 0.573 e. The zero-order chi connectivity index (χ0) is 14.6. The summed E-state index contributed by atoms with van der Waals surface area (Å²) in [5.41, 5.74) is 0.307. The molecule has 1 aromatic carbocycles. The lowest BCUT2D eigenvalue weighted by atomic mass is 10.2. The van der Waals surface area contributed by atoms with Crippen LogP contribution in [0, 0.1) is 0 Å². The first-order chi connectivity index (χ1) is 9.44. The molecule has 1 saturated heterocycles. The van der Waals surface area contributed by atoms with Gasteiger partial charge in [-0.15, -0.1) is 13.2 Å². The number of likely N-dealkylation sites (N-methyl/N-ethyl adjacent to an activating group) is 1. The summed E-state index contributed by atoms with van der Waals surface area (Å²) in [6, 6.07) is 5.98. The number of ether oxygens (including phenoxy) is 2. The quantitative estimate of drug-likeness (QED) is 0.923. The van der Waals surface area contributed by atoms with Crippen molar-refractivity contribution in [2.75, 3.05) is 38.6 Å². The molecule has 4 nitrogen and oxygen atoms in total. The number of nitrogens with one attached hydrogen (secondary N) is 1. The fraction of sp³-hybridized carbons (Fsp3) is 0.538. The third kappa shape index (κ3) is 4.57. The topological polar surface area (TPSA) is 33.7 Å². The highest BCUT2D eigenvalue weighted by molar-refractivity contribution is 5.56. The summed E-state index contributed by atoms with van der Waals surface area (Å²) in [5, 5.41) is 2.95. The molecule has 1 heterocycles. The Balaban J connectivity index is 1.95. The van der Waals surface area contributed by atoms with E-state index in [0.717, 1.165) is 13.1 Å². The Labute approximate surface area is 115 Å². The van der Waals surface area contributed by atoms with Gasteiger partial charge in [-0.2, -0.15) is 0 Å². The fourth-order valence-electron chi connectivity index (χ4n) is 2.04. The van der Waals surface area contributed by atoms with Crippen molar-refractivity contribution in [2.45, 2.75) is 12.5 Å². The first-order valence-electron chi connectivity index (χ1n) is 6.33. The van der Waals surface area contributed by atoms with Crippen LogP contribution in [0.4, 0.5) is 18.9 Å². The average molecular weight is 290 g/mol. The monoisotopic (exact) mass is 290 g/mol. The Kier molecular flexibility index (Phi) is 4.72. The summed E-state index contributed by atoms with van der Waals surface area (Å²) in [4.78, 5) is 2.12. The Morgan fingerprint density at radius 2 is 2.15 bits per heavy atom. The molecule has 1 aliphatic heterocycles. The fourth-order valence-corrected chi connectivity index (χ4v) is 2.04. The molecule has 0 radical (unpaired) electrons. The molecule has 0 spiro atoms. The van der Waals surface area contributed by atoms with E-state index in [-0.39, 0.29) is 11.9 Å². The van der Waals surface area contributed by atoms with Crippen LogP contribution in [-0.2, 0) is 4.74 Å². The van der Waals surface area contributed by atoms with Crippen molar-refractivity contribution in [3.63, 3.8) is 0 Å². The van der Waals surface area contributed by atoms with Gasteiger partial charge >= 0.3 is 6.36 Å². The van der Waals surface area contributed by atoms with Crippen LogP contribution >= 0.6 is 0 Å². The lowest BCUT2D eigenvalue weighted by Gasteiger charge is -2.30. The second-order valence-corrected chi connectivity index (χ2v) is 4.68. The maximum atomic E-state index is 12.3. The molecule has 1 aromatic rings. The highest BCUT2D eigenvalue weighted by atomic mass is 19.4. The number of benzene rings is 1. The number of hydrogen-bond acceptors (Lipinski definition) is 4. The van der Waals surface area contributed by atoms with Crippen LogP contribution in [0.25, 0.3) is 0 Å². The Morgan fingerprint density at radius 3 is 2.85 bits per heavy atom. The number of rotatable bonds is 4. The summed E-state index contributed by atoms with van der Waals surface area (Å²) in [7, 11) is 1.98. The highest BCUT2D eigenvalue weighted by Gasteiger charge is 2.32. The van der Waals surface area contributed by atoms with Gasteiger partial charge in [0.25, 0.3) is 0 Å². The minimum absolute atomic E-state index is 0.0484. The van der Waals surface area contributed by atoms with Crippen molar-refractivity contribution in [3.8, 4) is 5.75 Å². The Morgan fingerprint density at radius 1 is 1.40 bits per heavy atom. The SMILES string of the molecule is CN1CCOC(CNc2ccccc2OC(F)(F)F)C1. The van der Waals surface area contributed by atoms with E-state index < -0.39 is 6.36 Å². The van der Waals surface area contributed by atoms with E-state index >= 15 is 0 Å². The molecule has 1 fully saturated rings. The van der Waals surface area contributed by atoms with Crippen molar-refractivity contribution in [1.29, 1.82) is 0 Å². The maximum absolute atomic E-state index is 12.3. The minimum Gasteiger partial charge on any atom is -0.404 e. The first-order valence-corrected chi connectivity index (χ1v) is 6.33. The summed E-state index contributed by atoms with van der Waals surface area (Å²) >= 11 is 0. The molecule has 2 rings (SSSR count). The van der Waals surface area contributed by atoms with Gasteiger partial charge < -0.3 is 19.7 Å². The standard InChI is InChI=1S/C13H17F3N2O2/c1-18-6-7-19-10(9-18)8-17-11-4-2-3-5-12(11)20-13(14,15)16/h2-5,10,17H,6-9H2,1H3.